The molecule has 0 spiro atoms. The summed E-state index contributed by atoms with van der Waals surface area (Å²) in [6, 6.07) is 12.8. The van der Waals surface area contributed by atoms with Crippen LogP contribution in [0.1, 0.15) is 5.56 Å². The summed E-state index contributed by atoms with van der Waals surface area (Å²) in [5.74, 6) is 0. The first-order chi connectivity index (χ1) is 5.79. The van der Waals surface area contributed by atoms with Crippen molar-refractivity contribution < 1.29 is 0 Å². The molecule has 0 saturated heterocycles. The van der Waals surface area contributed by atoms with Gasteiger partial charge in [0, 0.05) is 3.57 Å². The highest BCUT2D eigenvalue weighted by atomic mass is 127. The van der Waals surface area contributed by atoms with Crippen LogP contribution < -0.4 is 6.15 Å². The van der Waals surface area contributed by atoms with Crippen LogP contribution >= 0.6 is 22.6 Å². The molecule has 0 fully saturated rings. The molecule has 0 amide bonds. The topological polar surface area (TPSA) is 35.0 Å². The van der Waals surface area contributed by atoms with Gasteiger partial charge in [0.15, 0.2) is 0 Å². The Labute approximate surface area is 91.9 Å². The van der Waals surface area contributed by atoms with Gasteiger partial charge in [0.2, 0.25) is 0 Å². The first kappa shape index (κ1) is 10.5. The van der Waals surface area contributed by atoms with Crippen molar-refractivity contribution in [3.63, 3.8) is 0 Å². The van der Waals surface area contributed by atoms with Crippen molar-refractivity contribution in [2.45, 2.75) is 6.92 Å². The molecule has 2 aromatic rings. The maximum Gasteiger partial charge on any atom is 0.0238 e. The summed E-state index contributed by atoms with van der Waals surface area (Å²) >= 11 is 2.40. The summed E-state index contributed by atoms with van der Waals surface area (Å²) in [7, 11) is 0. The van der Waals surface area contributed by atoms with Crippen LogP contribution in [-0.2, 0) is 0 Å². The van der Waals surface area contributed by atoms with Gasteiger partial charge in [-0.25, -0.2) is 0 Å². The zero-order chi connectivity index (χ0) is 8.55. The minimum Gasteiger partial charge on any atom is -0.344 e. The van der Waals surface area contributed by atoms with Gasteiger partial charge < -0.3 is 6.15 Å². The molecule has 1 nitrogen and oxygen atoms in total. The second-order valence-electron chi connectivity index (χ2n) is 2.92. The van der Waals surface area contributed by atoms with E-state index in [4.69, 9.17) is 0 Å². The molecule has 0 atom stereocenters. The van der Waals surface area contributed by atoms with Crippen molar-refractivity contribution in [1.82, 2.24) is 6.15 Å². The number of benzene rings is 2. The molecule has 0 aliphatic carbocycles. The number of rotatable bonds is 0. The van der Waals surface area contributed by atoms with Gasteiger partial charge in [0.1, 0.15) is 0 Å². The molecule has 3 N–H and O–H groups in total. The third-order valence-corrected chi connectivity index (χ3v) is 3.49. The standard InChI is InChI=1S/C11H9I.H3N/c1-8-6-7-9-4-2-3-5-10(9)11(8)12;/h2-7H,1H3;1H3. The first-order valence-corrected chi connectivity index (χ1v) is 5.01. The lowest BCUT2D eigenvalue weighted by atomic mass is 10.1. The molecule has 0 aliphatic heterocycles. The number of hydrogen-bond donors (Lipinski definition) is 1. The molecule has 0 aliphatic rings. The van der Waals surface area contributed by atoms with E-state index in [0.29, 0.717) is 0 Å². The van der Waals surface area contributed by atoms with Gasteiger partial charge in [-0.1, -0.05) is 36.4 Å². The maximum absolute atomic E-state index is 2.40. The van der Waals surface area contributed by atoms with E-state index < -0.39 is 0 Å². The number of halogens is 1. The quantitative estimate of drug-likeness (QED) is 0.732. The summed E-state index contributed by atoms with van der Waals surface area (Å²) in [6.07, 6.45) is 0. The summed E-state index contributed by atoms with van der Waals surface area (Å²) in [5.41, 5.74) is 1.36. The highest BCUT2D eigenvalue weighted by Crippen LogP contribution is 2.23. The molecule has 0 unspecified atom stereocenters. The van der Waals surface area contributed by atoms with Gasteiger partial charge in [-0.3, -0.25) is 0 Å². The fraction of sp³-hybridized carbons (Fsp3) is 0.0909. The van der Waals surface area contributed by atoms with Crippen molar-refractivity contribution in [2.75, 3.05) is 0 Å². The molecule has 0 radical (unpaired) electrons. The first-order valence-electron chi connectivity index (χ1n) is 3.93. The average Bonchev–Trinajstić information content (AvgIpc) is 2.12. The van der Waals surface area contributed by atoms with Gasteiger partial charge in [0.25, 0.3) is 0 Å². The van der Waals surface area contributed by atoms with E-state index in [2.05, 4.69) is 65.9 Å². The Bertz CT molecular complexity index is 423. The van der Waals surface area contributed by atoms with Crippen molar-refractivity contribution in [3.05, 3.63) is 45.5 Å². The van der Waals surface area contributed by atoms with Crippen molar-refractivity contribution in [2.24, 2.45) is 0 Å². The Morgan fingerprint density at radius 3 is 2.46 bits per heavy atom. The lowest BCUT2D eigenvalue weighted by molar-refractivity contribution is 1.47. The lowest BCUT2D eigenvalue weighted by Crippen LogP contribution is -1.81. The van der Waals surface area contributed by atoms with Crippen LogP contribution in [0.5, 0.6) is 0 Å². The highest BCUT2D eigenvalue weighted by molar-refractivity contribution is 14.1. The largest absolute Gasteiger partial charge is 0.344 e. The Morgan fingerprint density at radius 2 is 1.69 bits per heavy atom. The molecule has 2 aromatic carbocycles. The lowest BCUT2D eigenvalue weighted by Gasteiger charge is -2.02. The van der Waals surface area contributed by atoms with Crippen LogP contribution in [0, 0.1) is 10.5 Å². The Kier molecular flexibility index (Phi) is 3.27. The predicted molar refractivity (Wildman–Crippen MR) is 66.4 cm³/mol. The average molecular weight is 285 g/mol. The van der Waals surface area contributed by atoms with Gasteiger partial charge >= 0.3 is 0 Å². The van der Waals surface area contributed by atoms with Gasteiger partial charge in [-0.15, -0.1) is 0 Å². The van der Waals surface area contributed by atoms with Crippen LogP contribution in [0.15, 0.2) is 36.4 Å². The maximum atomic E-state index is 2.40. The third-order valence-electron chi connectivity index (χ3n) is 2.06. The summed E-state index contributed by atoms with van der Waals surface area (Å²) in [5, 5.41) is 2.69. The van der Waals surface area contributed by atoms with E-state index in [1.807, 2.05) is 0 Å². The van der Waals surface area contributed by atoms with Crippen LogP contribution in [0.3, 0.4) is 0 Å². The molecule has 13 heavy (non-hydrogen) atoms. The Morgan fingerprint density at radius 1 is 1.00 bits per heavy atom. The van der Waals surface area contributed by atoms with E-state index in [-0.39, 0.29) is 6.15 Å². The fourth-order valence-electron chi connectivity index (χ4n) is 1.34. The van der Waals surface area contributed by atoms with Crippen LogP contribution in [0.2, 0.25) is 0 Å². The SMILES string of the molecule is Cc1ccc2ccccc2c1I.N. The normalized spacial score (nSPS) is 9.69. The van der Waals surface area contributed by atoms with E-state index in [1.54, 1.807) is 0 Å². The van der Waals surface area contributed by atoms with E-state index in [9.17, 15) is 0 Å². The smallest absolute Gasteiger partial charge is 0.0238 e. The van der Waals surface area contributed by atoms with Crippen LogP contribution in [-0.4, -0.2) is 0 Å². The van der Waals surface area contributed by atoms with E-state index in [0.717, 1.165) is 0 Å². The Hall–Kier alpha value is -0.610. The van der Waals surface area contributed by atoms with Gasteiger partial charge in [0.05, 0.1) is 0 Å². The fourth-order valence-corrected chi connectivity index (χ4v) is 2.01. The molecule has 0 bridgehead atoms. The molecule has 68 valence electrons. The van der Waals surface area contributed by atoms with Crippen LogP contribution in [0.25, 0.3) is 10.8 Å². The summed E-state index contributed by atoms with van der Waals surface area (Å²) in [6.45, 7) is 2.15. The van der Waals surface area contributed by atoms with Crippen LogP contribution in [0.4, 0.5) is 0 Å². The van der Waals surface area contributed by atoms with Crippen molar-refractivity contribution in [1.29, 1.82) is 0 Å². The molecule has 2 heteroatoms. The zero-order valence-electron chi connectivity index (χ0n) is 7.55. The zero-order valence-corrected chi connectivity index (χ0v) is 9.71. The van der Waals surface area contributed by atoms with Crippen molar-refractivity contribution >= 4 is 33.4 Å². The van der Waals surface area contributed by atoms with Crippen molar-refractivity contribution in [3.8, 4) is 0 Å². The number of fused-ring (bicyclic) bond motifs is 1. The molecular weight excluding hydrogens is 273 g/mol. The monoisotopic (exact) mass is 285 g/mol. The second kappa shape index (κ2) is 4.07. The molecule has 2 rings (SSSR count). The molecule has 0 saturated carbocycles. The minimum absolute atomic E-state index is 0. The highest BCUT2D eigenvalue weighted by Gasteiger charge is 1.98. The second-order valence-corrected chi connectivity index (χ2v) is 4.00. The van der Waals surface area contributed by atoms with Gasteiger partial charge in [-0.05, 0) is 45.9 Å². The Balaban J connectivity index is 0.000000845. The summed E-state index contributed by atoms with van der Waals surface area (Å²) < 4.78 is 1.37. The molecular formula is C11H12IN. The molecule has 0 aromatic heterocycles. The van der Waals surface area contributed by atoms with E-state index in [1.165, 1.54) is 19.9 Å². The summed E-state index contributed by atoms with van der Waals surface area (Å²) in [4.78, 5) is 0. The number of hydrogen-bond acceptors (Lipinski definition) is 1. The number of aryl methyl sites for hydroxylation is 1. The minimum atomic E-state index is 0. The predicted octanol–water partition coefficient (Wildman–Crippen LogP) is 3.91. The van der Waals surface area contributed by atoms with E-state index >= 15 is 0 Å². The van der Waals surface area contributed by atoms with Gasteiger partial charge in [-0.2, -0.15) is 0 Å². The third kappa shape index (κ3) is 1.84. The molecule has 0 heterocycles.